The molecule has 3 N–H and O–H groups in total. The number of imidazole rings is 1. The van der Waals surface area contributed by atoms with E-state index in [0.29, 0.717) is 6.54 Å². The Balaban J connectivity index is 2.33. The van der Waals surface area contributed by atoms with Crippen LogP contribution in [0.5, 0.6) is 0 Å². The molecule has 6 nitrogen and oxygen atoms in total. The number of nitrogens with zero attached hydrogens (tertiary/aromatic N) is 3. The maximum absolute atomic E-state index is 11.3. The van der Waals surface area contributed by atoms with E-state index in [1.54, 1.807) is 23.3 Å². The maximum Gasteiger partial charge on any atom is 0.239 e. The van der Waals surface area contributed by atoms with Crippen LogP contribution in [0.4, 0.5) is 5.82 Å². The van der Waals surface area contributed by atoms with Gasteiger partial charge in [-0.05, 0) is 0 Å². The number of carbonyl (C=O) groups is 1. The van der Waals surface area contributed by atoms with Crippen molar-refractivity contribution in [2.24, 2.45) is 5.73 Å². The Hall–Kier alpha value is -1.60. The summed E-state index contributed by atoms with van der Waals surface area (Å²) in [5, 5.41) is 4.55. The molecule has 0 saturated heterocycles. The first-order valence-electron chi connectivity index (χ1n) is 5.23. The van der Waals surface area contributed by atoms with E-state index < -0.39 is 0 Å². The number of aromatic nitrogens is 2. The van der Waals surface area contributed by atoms with Gasteiger partial charge >= 0.3 is 0 Å². The Morgan fingerprint density at radius 1 is 1.71 bits per heavy atom. The average Bonchev–Trinajstić information content (AvgIpc) is 2.87. The Bertz CT molecular complexity index is 532. The third-order valence-corrected chi connectivity index (χ3v) is 3.31. The van der Waals surface area contributed by atoms with Crippen LogP contribution in [0.2, 0.25) is 0 Å². The van der Waals surface area contributed by atoms with Gasteiger partial charge in [-0.15, -0.1) is 11.3 Å². The summed E-state index contributed by atoms with van der Waals surface area (Å²) in [5.41, 5.74) is 6.66. The fourth-order valence-corrected chi connectivity index (χ4v) is 2.41. The second-order valence-corrected chi connectivity index (χ2v) is 4.54. The number of thiazole rings is 1. The molecule has 0 atom stereocenters. The van der Waals surface area contributed by atoms with Gasteiger partial charge in [-0.25, -0.2) is 4.98 Å². The lowest BCUT2D eigenvalue weighted by atomic mass is 10.4. The summed E-state index contributed by atoms with van der Waals surface area (Å²) in [4.78, 5) is 18.5. The van der Waals surface area contributed by atoms with Gasteiger partial charge in [0.15, 0.2) is 10.8 Å². The highest BCUT2D eigenvalue weighted by molar-refractivity contribution is 7.15. The number of rotatable bonds is 4. The lowest BCUT2D eigenvalue weighted by Crippen LogP contribution is -2.33. The summed E-state index contributed by atoms with van der Waals surface area (Å²) >= 11 is 1.55. The molecule has 0 fully saturated rings. The highest BCUT2D eigenvalue weighted by Gasteiger charge is 2.16. The number of hydrogen-bond donors (Lipinski definition) is 2. The smallest absolute Gasteiger partial charge is 0.239 e. The van der Waals surface area contributed by atoms with Crippen LogP contribution in [-0.2, 0) is 11.3 Å². The number of carbonyl (C=O) groups excluding carboxylic acids is 1. The first-order valence-corrected chi connectivity index (χ1v) is 6.11. The van der Waals surface area contributed by atoms with Gasteiger partial charge in [0, 0.05) is 32.2 Å². The zero-order chi connectivity index (χ0) is 12.4. The summed E-state index contributed by atoms with van der Waals surface area (Å²) in [5.74, 6) is 0.717. The number of anilines is 1. The van der Waals surface area contributed by atoms with E-state index in [9.17, 15) is 4.79 Å². The van der Waals surface area contributed by atoms with Crippen molar-refractivity contribution < 1.29 is 4.79 Å². The van der Waals surface area contributed by atoms with Crippen molar-refractivity contribution in [1.82, 2.24) is 14.7 Å². The number of hydrogen-bond acceptors (Lipinski definition) is 5. The summed E-state index contributed by atoms with van der Waals surface area (Å²) in [7, 11) is 3.45. The Kier molecular flexibility index (Phi) is 3.30. The summed E-state index contributed by atoms with van der Waals surface area (Å²) in [6.07, 6.45) is 1.94. The van der Waals surface area contributed by atoms with E-state index in [1.165, 1.54) is 0 Å². The van der Waals surface area contributed by atoms with Gasteiger partial charge < -0.3 is 16.0 Å². The molecule has 2 aromatic heterocycles. The molecule has 0 unspecified atom stereocenters. The van der Waals surface area contributed by atoms with E-state index in [0.717, 1.165) is 16.5 Å². The van der Waals surface area contributed by atoms with Gasteiger partial charge in [0.1, 0.15) is 0 Å². The fraction of sp³-hybridized carbons (Fsp3) is 0.400. The van der Waals surface area contributed by atoms with Crippen molar-refractivity contribution in [3.8, 4) is 0 Å². The van der Waals surface area contributed by atoms with Crippen LogP contribution < -0.4 is 16.0 Å². The normalized spacial score (nSPS) is 10.8. The SMILES string of the molecule is CNC(=O)CN(C)c1nc2sccn2c1CN. The van der Waals surface area contributed by atoms with Gasteiger partial charge in [-0.2, -0.15) is 0 Å². The number of likely N-dealkylation sites (N-methyl/N-ethyl adjacent to an activating group) is 2. The second kappa shape index (κ2) is 4.72. The zero-order valence-electron chi connectivity index (χ0n) is 9.80. The molecule has 0 aromatic carbocycles. The molecule has 2 aromatic rings. The molecule has 92 valence electrons. The van der Waals surface area contributed by atoms with Gasteiger partial charge in [-0.3, -0.25) is 9.20 Å². The third kappa shape index (κ3) is 2.11. The summed E-state index contributed by atoms with van der Waals surface area (Å²) in [6, 6.07) is 0. The first kappa shape index (κ1) is 11.9. The largest absolute Gasteiger partial charge is 0.358 e. The molecule has 0 bridgehead atoms. The van der Waals surface area contributed by atoms with Crippen LogP contribution in [-0.4, -0.2) is 35.9 Å². The quantitative estimate of drug-likeness (QED) is 0.806. The van der Waals surface area contributed by atoms with Gasteiger partial charge in [0.05, 0.1) is 12.2 Å². The van der Waals surface area contributed by atoms with Crippen molar-refractivity contribution >= 4 is 28.0 Å². The minimum atomic E-state index is -0.0492. The molecule has 0 spiro atoms. The van der Waals surface area contributed by atoms with Crippen molar-refractivity contribution in [2.75, 3.05) is 25.5 Å². The van der Waals surface area contributed by atoms with E-state index in [1.807, 2.05) is 23.0 Å². The Morgan fingerprint density at radius 3 is 3.12 bits per heavy atom. The van der Waals surface area contributed by atoms with Crippen LogP contribution >= 0.6 is 11.3 Å². The molecule has 0 aliphatic carbocycles. The van der Waals surface area contributed by atoms with Crippen molar-refractivity contribution in [1.29, 1.82) is 0 Å². The van der Waals surface area contributed by atoms with Crippen molar-refractivity contribution in [3.05, 3.63) is 17.3 Å². The molecule has 2 rings (SSSR count). The molecule has 2 heterocycles. The standard InChI is InChI=1S/C10H15N5OS/c1-12-8(16)6-14(2)9-7(5-11)15-3-4-17-10(15)13-9/h3-4H,5-6,11H2,1-2H3,(H,12,16). The zero-order valence-corrected chi connectivity index (χ0v) is 10.6. The topological polar surface area (TPSA) is 75.7 Å². The van der Waals surface area contributed by atoms with Crippen LogP contribution in [0.3, 0.4) is 0 Å². The van der Waals surface area contributed by atoms with E-state index in [-0.39, 0.29) is 12.5 Å². The molecular formula is C10H15N5OS. The molecular weight excluding hydrogens is 238 g/mol. The summed E-state index contributed by atoms with van der Waals surface area (Å²) < 4.78 is 1.96. The van der Waals surface area contributed by atoms with Gasteiger partial charge in [0.25, 0.3) is 0 Å². The van der Waals surface area contributed by atoms with Crippen LogP contribution in [0.15, 0.2) is 11.6 Å². The lowest BCUT2D eigenvalue weighted by Gasteiger charge is -2.16. The molecule has 17 heavy (non-hydrogen) atoms. The van der Waals surface area contributed by atoms with E-state index >= 15 is 0 Å². The third-order valence-electron chi connectivity index (χ3n) is 2.55. The predicted octanol–water partition coefficient (Wildman–Crippen LogP) is 0.0367. The number of fused-ring (bicyclic) bond motifs is 1. The molecule has 0 saturated carbocycles. The van der Waals surface area contributed by atoms with Crippen LogP contribution in [0.25, 0.3) is 4.96 Å². The van der Waals surface area contributed by atoms with E-state index in [4.69, 9.17) is 5.73 Å². The second-order valence-electron chi connectivity index (χ2n) is 3.67. The summed E-state index contributed by atoms with van der Waals surface area (Å²) in [6.45, 7) is 0.666. The molecule has 7 heteroatoms. The first-order chi connectivity index (χ1) is 8.17. The molecule has 1 amide bonds. The Morgan fingerprint density at radius 2 is 2.47 bits per heavy atom. The Labute approximate surface area is 103 Å². The van der Waals surface area contributed by atoms with E-state index in [2.05, 4.69) is 10.3 Å². The molecule has 0 aliphatic heterocycles. The molecule has 0 radical (unpaired) electrons. The molecule has 0 aliphatic rings. The minimum absolute atomic E-state index is 0.0492. The number of amides is 1. The maximum atomic E-state index is 11.3. The van der Waals surface area contributed by atoms with Crippen molar-refractivity contribution in [3.63, 3.8) is 0 Å². The minimum Gasteiger partial charge on any atom is -0.358 e. The van der Waals surface area contributed by atoms with Gasteiger partial charge in [0.2, 0.25) is 5.91 Å². The number of nitrogens with one attached hydrogen (secondary N) is 1. The fourth-order valence-electron chi connectivity index (χ4n) is 1.69. The van der Waals surface area contributed by atoms with Gasteiger partial charge in [-0.1, -0.05) is 0 Å². The van der Waals surface area contributed by atoms with Crippen LogP contribution in [0, 0.1) is 0 Å². The van der Waals surface area contributed by atoms with Crippen LogP contribution in [0.1, 0.15) is 5.69 Å². The predicted molar refractivity (Wildman–Crippen MR) is 68.3 cm³/mol. The monoisotopic (exact) mass is 253 g/mol. The highest BCUT2D eigenvalue weighted by atomic mass is 32.1. The lowest BCUT2D eigenvalue weighted by molar-refractivity contribution is -0.119. The van der Waals surface area contributed by atoms with Crippen molar-refractivity contribution in [2.45, 2.75) is 6.54 Å². The highest BCUT2D eigenvalue weighted by Crippen LogP contribution is 2.23. The number of nitrogens with two attached hydrogens (primary N) is 1. The average molecular weight is 253 g/mol.